The molecule has 0 amide bonds. The van der Waals surface area contributed by atoms with E-state index in [0.29, 0.717) is 11.9 Å². The molecule has 0 spiro atoms. The monoisotopic (exact) mass is 244 g/mol. The van der Waals surface area contributed by atoms with Crippen molar-refractivity contribution < 1.29 is 0 Å². The van der Waals surface area contributed by atoms with E-state index in [1.54, 1.807) is 17.1 Å². The van der Waals surface area contributed by atoms with E-state index in [1.165, 1.54) is 0 Å². The van der Waals surface area contributed by atoms with Gasteiger partial charge in [-0.2, -0.15) is 4.68 Å². The Labute approximate surface area is 105 Å². The van der Waals surface area contributed by atoms with Crippen molar-refractivity contribution in [1.82, 2.24) is 24.7 Å². The maximum Gasteiger partial charge on any atom is 0.252 e. The highest BCUT2D eigenvalue weighted by molar-refractivity contribution is 5.18. The van der Waals surface area contributed by atoms with Gasteiger partial charge in [-0.1, -0.05) is 0 Å². The fraction of sp³-hybridized carbons (Fsp3) is 0.500. The first-order valence-corrected chi connectivity index (χ1v) is 6.16. The van der Waals surface area contributed by atoms with E-state index < -0.39 is 0 Å². The normalized spacial score (nSPS) is 16.8. The molecule has 0 radical (unpaired) electrons. The van der Waals surface area contributed by atoms with Crippen LogP contribution in [0.15, 0.2) is 12.4 Å². The topological polar surface area (TPSA) is 82.5 Å². The number of nitrogens with two attached hydrogens (primary N) is 1. The number of nitrogens with zero attached hydrogens (tertiary/aromatic N) is 5. The molecule has 1 saturated carbocycles. The average Bonchev–Trinajstić information content (AvgIpc) is 3.09. The average molecular weight is 244 g/mol. The van der Waals surface area contributed by atoms with E-state index in [9.17, 15) is 0 Å². The van der Waals surface area contributed by atoms with Crippen LogP contribution in [-0.4, -0.2) is 24.7 Å². The molecule has 0 bridgehead atoms. The Hall–Kier alpha value is -1.82. The smallest absolute Gasteiger partial charge is 0.252 e. The second-order valence-electron chi connectivity index (χ2n) is 4.86. The molecule has 94 valence electrons. The maximum absolute atomic E-state index is 5.94. The lowest BCUT2D eigenvalue weighted by Crippen LogP contribution is -2.15. The molecule has 1 aliphatic carbocycles. The summed E-state index contributed by atoms with van der Waals surface area (Å²) in [7, 11) is 0. The standard InChI is InChI=1S/C12H16N6/c1-7-5-14-12(15-6-7)18-11(8(2)13)16-10(17-18)9-3-4-9/h5-6,8-9H,3-4,13H2,1-2H3/t8-/m0/s1. The van der Waals surface area contributed by atoms with E-state index in [0.717, 1.165) is 30.1 Å². The van der Waals surface area contributed by atoms with Gasteiger partial charge >= 0.3 is 0 Å². The van der Waals surface area contributed by atoms with E-state index in [2.05, 4.69) is 20.1 Å². The second-order valence-corrected chi connectivity index (χ2v) is 4.86. The van der Waals surface area contributed by atoms with Gasteiger partial charge in [-0.05, 0) is 32.3 Å². The van der Waals surface area contributed by atoms with Gasteiger partial charge in [0.05, 0.1) is 6.04 Å². The van der Waals surface area contributed by atoms with Crippen LogP contribution >= 0.6 is 0 Å². The van der Waals surface area contributed by atoms with Gasteiger partial charge in [-0.3, -0.25) is 0 Å². The predicted molar refractivity (Wildman–Crippen MR) is 66.3 cm³/mol. The molecule has 1 aliphatic rings. The summed E-state index contributed by atoms with van der Waals surface area (Å²) < 4.78 is 1.66. The fourth-order valence-corrected chi connectivity index (χ4v) is 1.79. The molecular weight excluding hydrogens is 228 g/mol. The van der Waals surface area contributed by atoms with Crippen LogP contribution in [-0.2, 0) is 0 Å². The van der Waals surface area contributed by atoms with Crippen LogP contribution in [0.2, 0.25) is 0 Å². The molecule has 0 aromatic carbocycles. The van der Waals surface area contributed by atoms with Gasteiger partial charge in [-0.15, -0.1) is 5.10 Å². The van der Waals surface area contributed by atoms with Gasteiger partial charge in [0, 0.05) is 18.3 Å². The van der Waals surface area contributed by atoms with Crippen LogP contribution in [0.1, 0.15) is 48.9 Å². The maximum atomic E-state index is 5.94. The van der Waals surface area contributed by atoms with E-state index in [1.807, 2.05) is 13.8 Å². The van der Waals surface area contributed by atoms with Crippen LogP contribution in [0.4, 0.5) is 0 Å². The van der Waals surface area contributed by atoms with Gasteiger partial charge < -0.3 is 5.73 Å². The van der Waals surface area contributed by atoms with Gasteiger partial charge in [0.15, 0.2) is 11.6 Å². The quantitative estimate of drug-likeness (QED) is 0.879. The summed E-state index contributed by atoms with van der Waals surface area (Å²) in [6.45, 7) is 3.85. The minimum Gasteiger partial charge on any atom is -0.322 e. The lowest BCUT2D eigenvalue weighted by Gasteiger charge is -2.06. The molecule has 6 heteroatoms. The molecule has 2 aromatic heterocycles. The molecule has 3 rings (SSSR count). The Morgan fingerprint density at radius 3 is 2.56 bits per heavy atom. The number of rotatable bonds is 3. The van der Waals surface area contributed by atoms with Gasteiger partial charge in [0.1, 0.15) is 0 Å². The van der Waals surface area contributed by atoms with Crippen molar-refractivity contribution in [1.29, 1.82) is 0 Å². The minimum absolute atomic E-state index is 0.185. The summed E-state index contributed by atoms with van der Waals surface area (Å²) in [6, 6.07) is -0.185. The van der Waals surface area contributed by atoms with E-state index in [-0.39, 0.29) is 6.04 Å². The second kappa shape index (κ2) is 4.13. The van der Waals surface area contributed by atoms with Crippen molar-refractivity contribution in [2.24, 2.45) is 5.73 Å². The van der Waals surface area contributed by atoms with Crippen molar-refractivity contribution in [2.75, 3.05) is 0 Å². The van der Waals surface area contributed by atoms with E-state index in [4.69, 9.17) is 5.73 Å². The molecule has 0 saturated heterocycles. The Morgan fingerprint density at radius 1 is 1.33 bits per heavy atom. The number of hydrogen-bond acceptors (Lipinski definition) is 5. The Kier molecular flexibility index (Phi) is 2.59. The third-order valence-electron chi connectivity index (χ3n) is 2.96. The molecule has 0 unspecified atom stereocenters. The number of aromatic nitrogens is 5. The first-order chi connectivity index (χ1) is 8.65. The van der Waals surface area contributed by atoms with Gasteiger partial charge in [0.25, 0.3) is 5.95 Å². The molecular formula is C12H16N6. The van der Waals surface area contributed by atoms with Crippen molar-refractivity contribution in [2.45, 2.75) is 38.6 Å². The van der Waals surface area contributed by atoms with Crippen molar-refractivity contribution in [3.8, 4) is 5.95 Å². The molecule has 1 atom stereocenters. The van der Waals surface area contributed by atoms with Crippen LogP contribution in [0.5, 0.6) is 0 Å². The number of aryl methyl sites for hydroxylation is 1. The SMILES string of the molecule is Cc1cnc(-n2nc(C3CC3)nc2[C@H](C)N)nc1. The summed E-state index contributed by atoms with van der Waals surface area (Å²) in [5.41, 5.74) is 6.95. The highest BCUT2D eigenvalue weighted by atomic mass is 15.4. The van der Waals surface area contributed by atoms with Crippen LogP contribution in [0.25, 0.3) is 5.95 Å². The van der Waals surface area contributed by atoms with Crippen molar-refractivity contribution in [3.63, 3.8) is 0 Å². The van der Waals surface area contributed by atoms with Crippen molar-refractivity contribution in [3.05, 3.63) is 29.6 Å². The highest BCUT2D eigenvalue weighted by Gasteiger charge is 2.30. The molecule has 1 fully saturated rings. The third-order valence-corrected chi connectivity index (χ3v) is 2.96. The lowest BCUT2D eigenvalue weighted by molar-refractivity contribution is 0.667. The van der Waals surface area contributed by atoms with Crippen LogP contribution < -0.4 is 5.73 Å². The summed E-state index contributed by atoms with van der Waals surface area (Å²) in [6.07, 6.45) is 5.87. The Morgan fingerprint density at radius 2 is 2.00 bits per heavy atom. The zero-order chi connectivity index (χ0) is 12.7. The molecule has 2 aromatic rings. The summed E-state index contributed by atoms with van der Waals surface area (Å²) >= 11 is 0. The minimum atomic E-state index is -0.185. The predicted octanol–water partition coefficient (Wildman–Crippen LogP) is 1.26. The Bertz CT molecular complexity index is 552. The zero-order valence-electron chi connectivity index (χ0n) is 10.5. The van der Waals surface area contributed by atoms with Crippen LogP contribution in [0.3, 0.4) is 0 Å². The van der Waals surface area contributed by atoms with E-state index >= 15 is 0 Å². The fourth-order valence-electron chi connectivity index (χ4n) is 1.79. The van der Waals surface area contributed by atoms with Crippen molar-refractivity contribution >= 4 is 0 Å². The molecule has 2 N–H and O–H groups in total. The molecule has 6 nitrogen and oxygen atoms in total. The largest absolute Gasteiger partial charge is 0.322 e. The third kappa shape index (κ3) is 1.99. The molecule has 0 aliphatic heterocycles. The lowest BCUT2D eigenvalue weighted by atomic mass is 10.3. The summed E-state index contributed by atoms with van der Waals surface area (Å²) in [5.74, 6) is 2.62. The van der Waals surface area contributed by atoms with Crippen LogP contribution in [0, 0.1) is 6.92 Å². The molecule has 18 heavy (non-hydrogen) atoms. The summed E-state index contributed by atoms with van der Waals surface area (Å²) in [4.78, 5) is 13.1. The Balaban J connectivity index is 2.05. The first kappa shape index (κ1) is 11.3. The number of hydrogen-bond donors (Lipinski definition) is 1. The summed E-state index contributed by atoms with van der Waals surface area (Å²) in [5, 5.41) is 4.49. The van der Waals surface area contributed by atoms with Gasteiger partial charge in [-0.25, -0.2) is 15.0 Å². The zero-order valence-corrected chi connectivity index (χ0v) is 10.5. The first-order valence-electron chi connectivity index (χ1n) is 6.16. The highest BCUT2D eigenvalue weighted by Crippen LogP contribution is 2.38. The van der Waals surface area contributed by atoms with Gasteiger partial charge in [0.2, 0.25) is 0 Å². The molecule has 2 heterocycles.